The van der Waals surface area contributed by atoms with Gasteiger partial charge in [-0.3, -0.25) is 9.48 Å². The van der Waals surface area contributed by atoms with E-state index in [1.54, 1.807) is 6.33 Å². The number of rotatable bonds is 6. The van der Waals surface area contributed by atoms with E-state index in [1.807, 2.05) is 70.5 Å². The zero-order chi connectivity index (χ0) is 25.2. The van der Waals surface area contributed by atoms with Crippen molar-refractivity contribution in [1.29, 1.82) is 0 Å². The van der Waals surface area contributed by atoms with Gasteiger partial charge in [0.25, 0.3) is 5.91 Å². The summed E-state index contributed by atoms with van der Waals surface area (Å²) in [6.07, 6.45) is 6.01. The quantitative estimate of drug-likeness (QED) is 0.332. The minimum absolute atomic E-state index is 0.0349. The van der Waals surface area contributed by atoms with Crippen molar-refractivity contribution in [3.8, 4) is 11.3 Å². The van der Waals surface area contributed by atoms with Crippen molar-refractivity contribution in [3.05, 3.63) is 107 Å². The highest BCUT2D eigenvalue weighted by Gasteiger charge is 2.28. The van der Waals surface area contributed by atoms with Crippen LogP contribution in [0.1, 0.15) is 27.7 Å². The third-order valence-corrected chi connectivity index (χ3v) is 7.10. The summed E-state index contributed by atoms with van der Waals surface area (Å²) in [4.78, 5) is 23.2. The van der Waals surface area contributed by atoms with Crippen LogP contribution in [0.2, 0.25) is 5.02 Å². The molecule has 6 rings (SSSR count). The Hall–Kier alpha value is -3.94. The topological polar surface area (TPSA) is 76.0 Å². The smallest absolute Gasteiger partial charge is 0.257 e. The molecule has 1 atom stereocenters. The molecule has 0 saturated carbocycles. The van der Waals surface area contributed by atoms with Crippen molar-refractivity contribution < 1.29 is 9.53 Å². The van der Waals surface area contributed by atoms with E-state index in [-0.39, 0.29) is 11.9 Å². The average Bonchev–Trinajstić information content (AvgIpc) is 3.64. The molecule has 1 aliphatic rings. The average molecular weight is 512 g/mol. The summed E-state index contributed by atoms with van der Waals surface area (Å²) in [6.45, 7) is 2.20. The number of amides is 1. The van der Waals surface area contributed by atoms with Crippen LogP contribution in [0, 0.1) is 0 Å². The van der Waals surface area contributed by atoms with Gasteiger partial charge >= 0.3 is 0 Å². The van der Waals surface area contributed by atoms with E-state index in [2.05, 4.69) is 28.2 Å². The highest BCUT2D eigenvalue weighted by atomic mass is 35.5. The molecule has 1 fully saturated rings. The van der Waals surface area contributed by atoms with Crippen LogP contribution in [0.5, 0.6) is 0 Å². The van der Waals surface area contributed by atoms with Gasteiger partial charge in [-0.15, -0.1) is 0 Å². The Morgan fingerprint density at radius 3 is 2.59 bits per heavy atom. The fourth-order valence-electron chi connectivity index (χ4n) is 4.91. The fraction of sp³-hybridized carbons (Fsp3) is 0.207. The Kier molecular flexibility index (Phi) is 6.47. The summed E-state index contributed by atoms with van der Waals surface area (Å²) in [6, 6.07) is 21.9. The standard InChI is InChI=1S/C29H26ClN5O2/c30-22-10-8-20(9-11-22)16-27(26-17-31-19-32-26)35-18-25(29(36)34-12-14-37-15-13-34)28(33-35)24-7-3-5-21-4-1-2-6-23(21)24/h1-11,17-19,27H,12-16H2,(H,31,32). The first-order valence-corrected chi connectivity index (χ1v) is 12.7. The second kappa shape index (κ2) is 10.2. The maximum atomic E-state index is 13.8. The van der Waals surface area contributed by atoms with Crippen molar-refractivity contribution in [1.82, 2.24) is 24.6 Å². The number of nitrogens with one attached hydrogen (secondary N) is 1. The normalized spacial score (nSPS) is 14.7. The molecule has 0 bridgehead atoms. The predicted octanol–water partition coefficient (Wildman–Crippen LogP) is 5.38. The van der Waals surface area contributed by atoms with Crippen LogP contribution in [0.4, 0.5) is 0 Å². The molecule has 37 heavy (non-hydrogen) atoms. The van der Waals surface area contributed by atoms with E-state index in [1.165, 1.54) is 0 Å². The summed E-state index contributed by atoms with van der Waals surface area (Å²) >= 11 is 6.13. The zero-order valence-corrected chi connectivity index (χ0v) is 20.9. The lowest BCUT2D eigenvalue weighted by molar-refractivity contribution is 0.0303. The SMILES string of the molecule is O=C(c1cn(C(Cc2ccc(Cl)cc2)c2cnc[nH]2)nc1-c1cccc2ccccc12)N1CCOCC1. The summed E-state index contributed by atoms with van der Waals surface area (Å²) in [5.74, 6) is -0.0349. The lowest BCUT2D eigenvalue weighted by Gasteiger charge is -2.26. The van der Waals surface area contributed by atoms with Crippen molar-refractivity contribution >= 4 is 28.3 Å². The van der Waals surface area contributed by atoms with E-state index in [9.17, 15) is 4.79 Å². The largest absolute Gasteiger partial charge is 0.378 e. The number of nitrogens with zero attached hydrogens (tertiary/aromatic N) is 4. The molecule has 1 amide bonds. The van der Waals surface area contributed by atoms with E-state index in [4.69, 9.17) is 21.4 Å². The zero-order valence-electron chi connectivity index (χ0n) is 20.2. The number of carbonyl (C=O) groups is 1. The maximum Gasteiger partial charge on any atom is 0.257 e. The van der Waals surface area contributed by atoms with Gasteiger partial charge in [0.1, 0.15) is 5.69 Å². The Balaban J connectivity index is 1.49. The van der Waals surface area contributed by atoms with E-state index >= 15 is 0 Å². The van der Waals surface area contributed by atoms with Gasteiger partial charge in [0.2, 0.25) is 0 Å². The number of carbonyl (C=O) groups excluding carboxylic acids is 1. The van der Waals surface area contributed by atoms with Crippen molar-refractivity contribution in [2.45, 2.75) is 12.5 Å². The second-order valence-electron chi connectivity index (χ2n) is 9.16. The van der Waals surface area contributed by atoms with Crippen LogP contribution >= 0.6 is 11.6 Å². The van der Waals surface area contributed by atoms with Crippen LogP contribution in [0.25, 0.3) is 22.0 Å². The lowest BCUT2D eigenvalue weighted by Crippen LogP contribution is -2.40. The molecule has 0 spiro atoms. The van der Waals surface area contributed by atoms with E-state index in [0.717, 1.165) is 27.6 Å². The molecule has 1 N–H and O–H groups in total. The number of halogens is 1. The molecule has 5 aromatic rings. The number of benzene rings is 3. The van der Waals surface area contributed by atoms with Crippen molar-refractivity contribution in [2.24, 2.45) is 0 Å². The van der Waals surface area contributed by atoms with Gasteiger partial charge in [0.05, 0.1) is 43.0 Å². The van der Waals surface area contributed by atoms with Gasteiger partial charge in [-0.05, 0) is 28.5 Å². The van der Waals surface area contributed by atoms with Crippen LogP contribution in [0.15, 0.2) is 85.5 Å². The summed E-state index contributed by atoms with van der Waals surface area (Å²) in [7, 11) is 0. The molecule has 7 nitrogen and oxygen atoms in total. The van der Waals surface area contributed by atoms with E-state index < -0.39 is 0 Å². The third-order valence-electron chi connectivity index (χ3n) is 6.85. The number of hydrogen-bond donors (Lipinski definition) is 1. The number of fused-ring (bicyclic) bond motifs is 1. The number of aromatic nitrogens is 4. The predicted molar refractivity (Wildman–Crippen MR) is 144 cm³/mol. The highest BCUT2D eigenvalue weighted by Crippen LogP contribution is 2.33. The first-order chi connectivity index (χ1) is 18.2. The summed E-state index contributed by atoms with van der Waals surface area (Å²) in [5, 5.41) is 7.93. The molecule has 3 aromatic carbocycles. The Morgan fingerprint density at radius 2 is 1.81 bits per heavy atom. The fourth-order valence-corrected chi connectivity index (χ4v) is 5.04. The first-order valence-electron chi connectivity index (χ1n) is 12.3. The second-order valence-corrected chi connectivity index (χ2v) is 9.59. The third kappa shape index (κ3) is 4.75. The van der Waals surface area contributed by atoms with Crippen molar-refractivity contribution in [2.75, 3.05) is 26.3 Å². The van der Waals surface area contributed by atoms with Gasteiger partial charge in [-0.2, -0.15) is 5.10 Å². The van der Waals surface area contributed by atoms with Crippen LogP contribution < -0.4 is 0 Å². The lowest BCUT2D eigenvalue weighted by atomic mass is 9.99. The van der Waals surface area contributed by atoms with Crippen LogP contribution in [-0.2, 0) is 11.2 Å². The Bertz CT molecular complexity index is 1520. The molecule has 2 aromatic heterocycles. The number of hydrogen-bond acceptors (Lipinski definition) is 4. The first kappa shape index (κ1) is 23.5. The monoisotopic (exact) mass is 511 g/mol. The number of imidazole rings is 1. The molecular weight excluding hydrogens is 486 g/mol. The minimum Gasteiger partial charge on any atom is -0.378 e. The Morgan fingerprint density at radius 1 is 1.03 bits per heavy atom. The van der Waals surface area contributed by atoms with Gasteiger partial charge in [0.15, 0.2) is 0 Å². The van der Waals surface area contributed by atoms with E-state index in [0.29, 0.717) is 49.0 Å². The Labute approximate surface area is 219 Å². The number of aromatic amines is 1. The molecule has 0 aliphatic carbocycles. The van der Waals surface area contributed by atoms with Crippen LogP contribution in [-0.4, -0.2) is 56.9 Å². The molecule has 1 aliphatic heterocycles. The molecule has 0 radical (unpaired) electrons. The van der Waals surface area contributed by atoms with Crippen LogP contribution in [0.3, 0.4) is 0 Å². The number of H-pyrrole nitrogens is 1. The molecular formula is C29H26ClN5O2. The highest BCUT2D eigenvalue weighted by molar-refractivity contribution is 6.30. The molecule has 3 heterocycles. The minimum atomic E-state index is -0.191. The van der Waals surface area contributed by atoms with Gasteiger partial charge in [-0.1, -0.05) is 66.2 Å². The summed E-state index contributed by atoms with van der Waals surface area (Å²) in [5.41, 5.74) is 4.20. The molecule has 1 saturated heterocycles. The number of morpholine rings is 1. The molecule has 186 valence electrons. The summed E-state index contributed by atoms with van der Waals surface area (Å²) < 4.78 is 7.39. The van der Waals surface area contributed by atoms with Crippen molar-refractivity contribution in [3.63, 3.8) is 0 Å². The van der Waals surface area contributed by atoms with Gasteiger partial charge < -0.3 is 14.6 Å². The molecule has 8 heteroatoms. The maximum absolute atomic E-state index is 13.8. The molecule has 1 unspecified atom stereocenters. The van der Waals surface area contributed by atoms with Gasteiger partial charge in [-0.25, -0.2) is 4.98 Å². The van der Waals surface area contributed by atoms with Gasteiger partial charge in [0, 0.05) is 36.3 Å². The number of ether oxygens (including phenoxy) is 1.